The number of nitrogens with zero attached hydrogens (tertiary/aromatic N) is 3. The molecule has 0 aliphatic rings. The molecular weight excluding hydrogens is 456 g/mol. The Morgan fingerprint density at radius 2 is 2.04 bits per heavy atom. The van der Waals surface area contributed by atoms with Crippen LogP contribution in [0.2, 0.25) is 0 Å². The maximum Gasteiger partial charge on any atom is 0.234 e. The summed E-state index contributed by atoms with van der Waals surface area (Å²) in [5.41, 5.74) is 1.88. The molecule has 3 rings (SSSR count). The third-order valence-electron chi connectivity index (χ3n) is 4.05. The van der Waals surface area contributed by atoms with Crippen molar-refractivity contribution in [1.82, 2.24) is 14.8 Å². The van der Waals surface area contributed by atoms with Crippen LogP contribution in [0.3, 0.4) is 0 Å². The van der Waals surface area contributed by atoms with E-state index in [1.54, 1.807) is 11.3 Å². The van der Waals surface area contributed by atoms with Crippen LogP contribution in [-0.4, -0.2) is 26.4 Å². The lowest BCUT2D eigenvalue weighted by molar-refractivity contribution is -0.113. The van der Waals surface area contributed by atoms with Crippen molar-refractivity contribution in [3.8, 4) is 11.4 Å². The molecule has 8 heteroatoms. The highest BCUT2D eigenvalue weighted by Crippen LogP contribution is 2.31. The fraction of sp³-hybridized carbons (Fsp3) is 0.350. The summed E-state index contributed by atoms with van der Waals surface area (Å²) < 4.78 is 3.09. The quantitative estimate of drug-likeness (QED) is 0.401. The average Bonchev–Trinajstić information content (AvgIpc) is 3.29. The molecule has 1 amide bonds. The number of rotatable bonds is 8. The standard InChI is InChI=1S/C20H23BrN4OS2/c1-4-5-17-10-14(11-27-17)19-23-24-20(25(19)13(2)3)28-12-18(26)22-16-8-6-15(21)7-9-16/h6-11,13H,4-5,12H2,1-3H3,(H,22,26). The first-order valence-electron chi connectivity index (χ1n) is 9.18. The molecule has 0 bridgehead atoms. The third-order valence-corrected chi connectivity index (χ3v) is 6.52. The lowest BCUT2D eigenvalue weighted by atomic mass is 10.2. The molecule has 0 saturated carbocycles. The zero-order valence-electron chi connectivity index (χ0n) is 16.1. The topological polar surface area (TPSA) is 59.8 Å². The zero-order valence-corrected chi connectivity index (χ0v) is 19.3. The minimum Gasteiger partial charge on any atom is -0.325 e. The van der Waals surface area contributed by atoms with E-state index in [9.17, 15) is 4.79 Å². The van der Waals surface area contributed by atoms with Gasteiger partial charge in [-0.2, -0.15) is 0 Å². The van der Waals surface area contributed by atoms with E-state index in [1.807, 2.05) is 24.3 Å². The van der Waals surface area contributed by atoms with Crippen molar-refractivity contribution < 1.29 is 4.79 Å². The highest BCUT2D eigenvalue weighted by molar-refractivity contribution is 9.10. The Hall–Kier alpha value is -1.64. The Morgan fingerprint density at radius 3 is 2.71 bits per heavy atom. The van der Waals surface area contributed by atoms with Crippen molar-refractivity contribution in [2.24, 2.45) is 0 Å². The Kier molecular flexibility index (Phi) is 7.31. The molecule has 2 heterocycles. The molecule has 0 unspecified atom stereocenters. The summed E-state index contributed by atoms with van der Waals surface area (Å²) in [6, 6.07) is 9.94. The maximum absolute atomic E-state index is 12.3. The molecule has 148 valence electrons. The number of amides is 1. The molecule has 28 heavy (non-hydrogen) atoms. The Balaban J connectivity index is 1.70. The first kappa shape index (κ1) is 21.1. The Morgan fingerprint density at radius 1 is 1.29 bits per heavy atom. The largest absolute Gasteiger partial charge is 0.325 e. The fourth-order valence-corrected chi connectivity index (χ4v) is 4.87. The lowest BCUT2D eigenvalue weighted by Gasteiger charge is -2.13. The van der Waals surface area contributed by atoms with Gasteiger partial charge in [0.2, 0.25) is 5.91 Å². The molecule has 5 nitrogen and oxygen atoms in total. The fourth-order valence-electron chi connectivity index (χ4n) is 2.77. The van der Waals surface area contributed by atoms with Crippen LogP contribution in [0.15, 0.2) is 45.3 Å². The highest BCUT2D eigenvalue weighted by atomic mass is 79.9. The summed E-state index contributed by atoms with van der Waals surface area (Å²) in [6.45, 7) is 6.40. The van der Waals surface area contributed by atoms with Crippen molar-refractivity contribution >= 4 is 50.6 Å². The van der Waals surface area contributed by atoms with Gasteiger partial charge in [0, 0.05) is 32.0 Å². The smallest absolute Gasteiger partial charge is 0.234 e. The zero-order chi connectivity index (χ0) is 20.1. The predicted octanol–water partition coefficient (Wildman–Crippen LogP) is 6.03. The van der Waals surface area contributed by atoms with Gasteiger partial charge in [-0.3, -0.25) is 9.36 Å². The summed E-state index contributed by atoms with van der Waals surface area (Å²) in [4.78, 5) is 13.7. The van der Waals surface area contributed by atoms with Gasteiger partial charge in [0.15, 0.2) is 11.0 Å². The van der Waals surface area contributed by atoms with Crippen LogP contribution in [0, 0.1) is 0 Å². The van der Waals surface area contributed by atoms with Crippen LogP contribution in [0.25, 0.3) is 11.4 Å². The van der Waals surface area contributed by atoms with E-state index in [-0.39, 0.29) is 17.7 Å². The summed E-state index contributed by atoms with van der Waals surface area (Å²) in [7, 11) is 0. The number of thiophene rings is 1. The minimum atomic E-state index is -0.0621. The number of aromatic nitrogens is 3. The van der Waals surface area contributed by atoms with Gasteiger partial charge in [0.1, 0.15) is 0 Å². The van der Waals surface area contributed by atoms with E-state index in [0.717, 1.165) is 39.5 Å². The SMILES string of the molecule is CCCc1cc(-c2nnc(SCC(=O)Nc3ccc(Br)cc3)n2C(C)C)cs1. The summed E-state index contributed by atoms with van der Waals surface area (Å²) in [5, 5.41) is 14.6. The molecular formula is C20H23BrN4OS2. The van der Waals surface area contributed by atoms with Gasteiger partial charge >= 0.3 is 0 Å². The molecule has 0 aliphatic heterocycles. The summed E-state index contributed by atoms with van der Waals surface area (Å²) >= 11 is 6.57. The van der Waals surface area contributed by atoms with Gasteiger partial charge in [-0.1, -0.05) is 41.0 Å². The van der Waals surface area contributed by atoms with Crippen LogP contribution in [0.5, 0.6) is 0 Å². The van der Waals surface area contributed by atoms with Crippen LogP contribution >= 0.6 is 39.0 Å². The van der Waals surface area contributed by atoms with Crippen LogP contribution < -0.4 is 5.32 Å². The number of anilines is 1. The monoisotopic (exact) mass is 478 g/mol. The number of aryl methyl sites for hydroxylation is 1. The molecule has 0 saturated heterocycles. The van der Waals surface area contributed by atoms with Gasteiger partial charge in [0.05, 0.1) is 5.75 Å². The van der Waals surface area contributed by atoms with Crippen LogP contribution in [0.4, 0.5) is 5.69 Å². The Labute approximate surface area is 182 Å². The first-order valence-corrected chi connectivity index (χ1v) is 11.8. The Bertz CT molecular complexity index is 934. The van der Waals surface area contributed by atoms with E-state index in [1.165, 1.54) is 16.6 Å². The van der Waals surface area contributed by atoms with Gasteiger partial charge in [-0.25, -0.2) is 0 Å². The second-order valence-electron chi connectivity index (χ2n) is 6.67. The molecule has 0 spiro atoms. The van der Waals surface area contributed by atoms with E-state index in [0.29, 0.717) is 0 Å². The summed E-state index contributed by atoms with van der Waals surface area (Å²) in [5.74, 6) is 1.09. The van der Waals surface area contributed by atoms with E-state index >= 15 is 0 Å². The maximum atomic E-state index is 12.3. The van der Waals surface area contributed by atoms with Crippen molar-refractivity contribution in [3.63, 3.8) is 0 Å². The number of thioether (sulfide) groups is 1. The number of nitrogens with one attached hydrogen (secondary N) is 1. The first-order chi connectivity index (χ1) is 13.5. The molecule has 0 fully saturated rings. The second-order valence-corrected chi connectivity index (χ2v) is 9.52. The van der Waals surface area contributed by atoms with Gasteiger partial charge < -0.3 is 5.32 Å². The molecule has 0 atom stereocenters. The minimum absolute atomic E-state index is 0.0621. The van der Waals surface area contributed by atoms with Crippen molar-refractivity contribution in [2.45, 2.75) is 44.8 Å². The van der Waals surface area contributed by atoms with E-state index in [2.05, 4.69) is 68.2 Å². The number of hydrogen-bond acceptors (Lipinski definition) is 5. The lowest BCUT2D eigenvalue weighted by Crippen LogP contribution is -2.15. The van der Waals surface area contributed by atoms with Crippen molar-refractivity contribution in [2.75, 3.05) is 11.1 Å². The third kappa shape index (κ3) is 5.24. The number of carbonyl (C=O) groups excluding carboxylic acids is 1. The normalized spacial score (nSPS) is 11.2. The van der Waals surface area contributed by atoms with Gasteiger partial charge in [0.25, 0.3) is 0 Å². The molecule has 1 aromatic carbocycles. The predicted molar refractivity (Wildman–Crippen MR) is 121 cm³/mol. The van der Waals surface area contributed by atoms with Crippen LogP contribution in [0.1, 0.15) is 38.1 Å². The van der Waals surface area contributed by atoms with Gasteiger partial charge in [-0.05, 0) is 50.6 Å². The molecule has 0 radical (unpaired) electrons. The molecule has 3 aromatic rings. The molecule has 0 aliphatic carbocycles. The summed E-state index contributed by atoms with van der Waals surface area (Å²) in [6.07, 6.45) is 2.21. The second kappa shape index (κ2) is 9.71. The number of halogens is 1. The average molecular weight is 479 g/mol. The number of carbonyl (C=O) groups is 1. The van der Waals surface area contributed by atoms with E-state index < -0.39 is 0 Å². The number of hydrogen-bond donors (Lipinski definition) is 1. The van der Waals surface area contributed by atoms with Crippen molar-refractivity contribution in [1.29, 1.82) is 0 Å². The van der Waals surface area contributed by atoms with Gasteiger partial charge in [-0.15, -0.1) is 21.5 Å². The molecule has 2 aromatic heterocycles. The number of benzene rings is 1. The van der Waals surface area contributed by atoms with E-state index in [4.69, 9.17) is 0 Å². The molecule has 1 N–H and O–H groups in total. The van der Waals surface area contributed by atoms with Crippen molar-refractivity contribution in [3.05, 3.63) is 45.1 Å². The van der Waals surface area contributed by atoms with Crippen LogP contribution in [-0.2, 0) is 11.2 Å². The highest BCUT2D eigenvalue weighted by Gasteiger charge is 2.18.